The monoisotopic (exact) mass is 294 g/mol. The third kappa shape index (κ3) is 2.62. The molecule has 0 bridgehead atoms. The summed E-state index contributed by atoms with van der Waals surface area (Å²) in [6, 6.07) is 9.85. The van der Waals surface area contributed by atoms with E-state index < -0.39 is 0 Å². The second-order valence-electron chi connectivity index (χ2n) is 1.94. The third-order valence-electron chi connectivity index (χ3n) is 1.19. The van der Waals surface area contributed by atoms with Crippen LogP contribution in [0.3, 0.4) is 0 Å². The average molecular weight is 296 g/mol. The molecule has 0 fully saturated rings. The van der Waals surface area contributed by atoms with Crippen LogP contribution in [0.2, 0.25) is 0 Å². The lowest BCUT2D eigenvalue weighted by Gasteiger charge is -1.97. The van der Waals surface area contributed by atoms with Crippen molar-refractivity contribution < 1.29 is 0 Å². The highest BCUT2D eigenvalue weighted by Gasteiger charge is 1.99. The van der Waals surface area contributed by atoms with E-state index in [0.717, 1.165) is 10.0 Å². The summed E-state index contributed by atoms with van der Waals surface area (Å²) in [6.45, 7) is 0. The second kappa shape index (κ2) is 4.29. The Bertz CT molecular complexity index is 263. The Hall–Kier alpha value is 0.210. The summed E-state index contributed by atoms with van der Waals surface area (Å²) in [5.74, 6) is 0. The summed E-state index contributed by atoms with van der Waals surface area (Å²) in [6.07, 6.45) is 0. The first-order valence-corrected chi connectivity index (χ1v) is 4.94. The van der Waals surface area contributed by atoms with Crippen molar-refractivity contribution in [3.05, 3.63) is 39.8 Å². The summed E-state index contributed by atoms with van der Waals surface area (Å²) >= 11 is 12.2. The van der Waals surface area contributed by atoms with E-state index in [1.807, 2.05) is 30.3 Å². The lowest BCUT2D eigenvalue weighted by molar-refractivity contribution is 1.66. The molecule has 0 amide bonds. The lowest BCUT2D eigenvalue weighted by Crippen LogP contribution is -1.73. The molecule has 1 aromatic carbocycles. The molecule has 0 aliphatic rings. The van der Waals surface area contributed by atoms with Crippen molar-refractivity contribution >= 4 is 47.9 Å². The molecule has 11 heavy (non-hydrogen) atoms. The van der Waals surface area contributed by atoms with Crippen molar-refractivity contribution in [1.29, 1.82) is 0 Å². The van der Waals surface area contributed by atoms with Gasteiger partial charge >= 0.3 is 0 Å². The van der Waals surface area contributed by atoms with Crippen molar-refractivity contribution in [2.24, 2.45) is 0 Å². The van der Waals surface area contributed by atoms with Gasteiger partial charge in [0.1, 0.15) is 0 Å². The quantitative estimate of drug-likeness (QED) is 0.723. The molecular formula is C8H5Br2Cl. The van der Waals surface area contributed by atoms with Crippen molar-refractivity contribution in [1.82, 2.24) is 0 Å². The van der Waals surface area contributed by atoms with Gasteiger partial charge in [-0.25, -0.2) is 0 Å². The van der Waals surface area contributed by atoms with Gasteiger partial charge < -0.3 is 0 Å². The Balaban J connectivity index is 3.04. The summed E-state index contributed by atoms with van der Waals surface area (Å²) in [4.78, 5) is 0. The van der Waals surface area contributed by atoms with E-state index in [4.69, 9.17) is 11.6 Å². The predicted octanol–water partition coefficient (Wildman–Crippen LogP) is 4.34. The topological polar surface area (TPSA) is 0 Å². The second-order valence-corrected chi connectivity index (χ2v) is 4.36. The molecular weight excluding hydrogens is 291 g/mol. The van der Waals surface area contributed by atoms with Crippen LogP contribution in [0, 0.1) is 0 Å². The molecule has 0 radical (unpaired) electrons. The summed E-state index contributed by atoms with van der Waals surface area (Å²) in [7, 11) is 0. The van der Waals surface area contributed by atoms with E-state index in [2.05, 4.69) is 31.9 Å². The number of rotatable bonds is 1. The number of hydrogen-bond donors (Lipinski definition) is 0. The molecule has 3 heteroatoms. The minimum Gasteiger partial charge on any atom is -0.0749 e. The van der Waals surface area contributed by atoms with Crippen molar-refractivity contribution in [2.75, 3.05) is 0 Å². The number of benzene rings is 1. The van der Waals surface area contributed by atoms with E-state index in [0.29, 0.717) is 3.94 Å². The van der Waals surface area contributed by atoms with Gasteiger partial charge in [-0.05, 0) is 37.4 Å². The van der Waals surface area contributed by atoms with Gasteiger partial charge in [-0.2, -0.15) is 0 Å². The zero-order valence-corrected chi connectivity index (χ0v) is 9.45. The molecule has 0 unspecified atom stereocenters. The third-order valence-corrected chi connectivity index (χ3v) is 3.39. The highest BCUT2D eigenvalue weighted by atomic mass is 79.9. The molecule has 58 valence electrons. The maximum Gasteiger partial charge on any atom is 0.0981 e. The fourth-order valence-corrected chi connectivity index (χ4v) is 1.30. The molecule has 0 saturated heterocycles. The van der Waals surface area contributed by atoms with Gasteiger partial charge in [0, 0.05) is 0 Å². The van der Waals surface area contributed by atoms with Crippen molar-refractivity contribution in [3.8, 4) is 0 Å². The summed E-state index contributed by atoms with van der Waals surface area (Å²) < 4.78 is 1.46. The summed E-state index contributed by atoms with van der Waals surface area (Å²) in [5.41, 5.74) is 1.06. The van der Waals surface area contributed by atoms with Crippen LogP contribution < -0.4 is 0 Å². The zero-order chi connectivity index (χ0) is 8.27. The van der Waals surface area contributed by atoms with Gasteiger partial charge in [-0.1, -0.05) is 41.9 Å². The van der Waals surface area contributed by atoms with Gasteiger partial charge in [0.05, 0.1) is 8.42 Å². The molecule has 0 aromatic heterocycles. The smallest absolute Gasteiger partial charge is 0.0749 e. The van der Waals surface area contributed by atoms with Crippen molar-refractivity contribution in [3.63, 3.8) is 0 Å². The van der Waals surface area contributed by atoms with Gasteiger partial charge in [-0.15, -0.1) is 0 Å². The molecule has 1 rings (SSSR count). The molecule has 0 N–H and O–H groups in total. The SMILES string of the molecule is ClC(Br)=C(Br)c1ccccc1. The maximum atomic E-state index is 5.71. The summed E-state index contributed by atoms with van der Waals surface area (Å²) in [5, 5.41) is 0. The number of hydrogen-bond acceptors (Lipinski definition) is 0. The van der Waals surface area contributed by atoms with Crippen LogP contribution in [0.25, 0.3) is 4.48 Å². The van der Waals surface area contributed by atoms with E-state index in [1.165, 1.54) is 0 Å². The molecule has 0 aliphatic carbocycles. The van der Waals surface area contributed by atoms with Gasteiger partial charge in [0.2, 0.25) is 0 Å². The fourth-order valence-electron chi connectivity index (χ4n) is 0.694. The molecule has 1 aromatic rings. The average Bonchev–Trinajstić information content (AvgIpc) is 2.05. The highest BCUT2D eigenvalue weighted by molar-refractivity contribution is 9.17. The van der Waals surface area contributed by atoms with Crippen LogP contribution in [0.1, 0.15) is 5.56 Å². The Morgan fingerprint density at radius 1 is 1.09 bits per heavy atom. The predicted molar refractivity (Wildman–Crippen MR) is 57.1 cm³/mol. The molecule has 0 atom stereocenters. The fraction of sp³-hybridized carbons (Fsp3) is 0. The molecule has 0 aliphatic heterocycles. The minimum atomic E-state index is 0.587. The van der Waals surface area contributed by atoms with Crippen molar-refractivity contribution in [2.45, 2.75) is 0 Å². The Labute approximate surface area is 87.5 Å². The molecule has 0 nitrogen and oxygen atoms in total. The van der Waals surface area contributed by atoms with E-state index in [1.54, 1.807) is 0 Å². The number of halogens is 3. The highest BCUT2D eigenvalue weighted by Crippen LogP contribution is 2.30. The van der Waals surface area contributed by atoms with Crippen LogP contribution in [-0.4, -0.2) is 0 Å². The van der Waals surface area contributed by atoms with E-state index >= 15 is 0 Å². The van der Waals surface area contributed by atoms with Gasteiger partial charge in [0.15, 0.2) is 0 Å². The normalized spacial score (nSPS) is 12.6. The first-order chi connectivity index (χ1) is 5.22. The van der Waals surface area contributed by atoms with E-state index in [9.17, 15) is 0 Å². The first-order valence-electron chi connectivity index (χ1n) is 2.98. The molecule has 0 heterocycles. The first kappa shape index (κ1) is 9.30. The van der Waals surface area contributed by atoms with Crippen LogP contribution >= 0.6 is 43.5 Å². The lowest BCUT2D eigenvalue weighted by atomic mass is 10.2. The van der Waals surface area contributed by atoms with Crippen LogP contribution in [-0.2, 0) is 0 Å². The Morgan fingerprint density at radius 2 is 1.64 bits per heavy atom. The van der Waals surface area contributed by atoms with Crippen LogP contribution in [0.5, 0.6) is 0 Å². The molecule has 0 spiro atoms. The largest absolute Gasteiger partial charge is 0.0981 e. The molecule has 0 saturated carbocycles. The van der Waals surface area contributed by atoms with Crippen LogP contribution in [0.4, 0.5) is 0 Å². The van der Waals surface area contributed by atoms with Gasteiger partial charge in [0.25, 0.3) is 0 Å². The Morgan fingerprint density at radius 3 is 2.09 bits per heavy atom. The minimum absolute atomic E-state index is 0.587. The van der Waals surface area contributed by atoms with Gasteiger partial charge in [-0.3, -0.25) is 0 Å². The van der Waals surface area contributed by atoms with E-state index in [-0.39, 0.29) is 0 Å². The Kier molecular flexibility index (Phi) is 3.63. The van der Waals surface area contributed by atoms with Crippen LogP contribution in [0.15, 0.2) is 34.3 Å². The maximum absolute atomic E-state index is 5.71. The standard InChI is InChI=1S/C8H5Br2Cl/c9-7(8(10)11)6-4-2-1-3-5-6/h1-5H. The zero-order valence-electron chi connectivity index (χ0n) is 5.52.